The molecular formula is C18H15ClF2N6O. The molecule has 10 heteroatoms. The maximum absolute atomic E-state index is 13.5. The number of carbonyl (C=O) groups is 1. The fourth-order valence-corrected chi connectivity index (χ4v) is 3.36. The molecule has 0 radical (unpaired) electrons. The summed E-state index contributed by atoms with van der Waals surface area (Å²) in [7, 11) is 0. The van der Waals surface area contributed by atoms with Crippen LogP contribution >= 0.6 is 11.6 Å². The number of halogens is 3. The van der Waals surface area contributed by atoms with Gasteiger partial charge >= 0.3 is 0 Å². The second-order valence-electron chi connectivity index (χ2n) is 6.56. The Hall–Kier alpha value is -3.07. The summed E-state index contributed by atoms with van der Waals surface area (Å²) in [6, 6.07) is 3.41. The van der Waals surface area contributed by atoms with Gasteiger partial charge in [0.15, 0.2) is 17.5 Å². The fraction of sp³-hybridized carbons (Fsp3) is 0.222. The molecule has 0 saturated heterocycles. The van der Waals surface area contributed by atoms with Crippen molar-refractivity contribution < 1.29 is 13.6 Å². The molecule has 3 heterocycles. The van der Waals surface area contributed by atoms with E-state index in [0.29, 0.717) is 23.5 Å². The monoisotopic (exact) mass is 404 g/mol. The summed E-state index contributed by atoms with van der Waals surface area (Å²) in [4.78, 5) is 26.8. The van der Waals surface area contributed by atoms with Crippen LogP contribution in [-0.4, -0.2) is 36.4 Å². The predicted octanol–water partition coefficient (Wildman–Crippen LogP) is 2.90. The molecule has 0 aliphatic carbocycles. The largest absolute Gasteiger partial charge is 0.368 e. The summed E-state index contributed by atoms with van der Waals surface area (Å²) in [5.74, 6) is -1.95. The molecule has 1 aromatic carbocycles. The number of hydrogen-bond acceptors (Lipinski definition) is 5. The predicted molar refractivity (Wildman–Crippen MR) is 98.4 cm³/mol. The highest BCUT2D eigenvalue weighted by Crippen LogP contribution is 2.28. The lowest BCUT2D eigenvalue weighted by atomic mass is 10.1. The molecule has 3 aromatic rings. The van der Waals surface area contributed by atoms with Crippen LogP contribution in [-0.2, 0) is 13.1 Å². The van der Waals surface area contributed by atoms with Crippen molar-refractivity contribution in [2.24, 2.45) is 0 Å². The Balaban J connectivity index is 1.66. The summed E-state index contributed by atoms with van der Waals surface area (Å²) < 4.78 is 28.4. The molecule has 0 bridgehead atoms. The molecule has 0 unspecified atom stereocenters. The molecule has 0 spiro atoms. The van der Waals surface area contributed by atoms with Crippen molar-refractivity contribution in [2.75, 3.05) is 5.73 Å². The normalized spacial score (nSPS) is 16.4. The van der Waals surface area contributed by atoms with Crippen LogP contribution in [0.2, 0.25) is 5.02 Å². The lowest BCUT2D eigenvalue weighted by molar-refractivity contribution is 0.0587. The molecular weight excluding hydrogens is 390 g/mol. The lowest BCUT2D eigenvalue weighted by Gasteiger charge is -2.33. The number of nitrogens with zero attached hydrogens (tertiary/aromatic N) is 5. The van der Waals surface area contributed by atoms with Crippen molar-refractivity contribution in [1.29, 1.82) is 0 Å². The van der Waals surface area contributed by atoms with Gasteiger partial charge in [-0.25, -0.2) is 23.7 Å². The maximum atomic E-state index is 13.5. The van der Waals surface area contributed by atoms with Gasteiger partial charge in [0.1, 0.15) is 11.4 Å². The first-order chi connectivity index (χ1) is 13.3. The van der Waals surface area contributed by atoms with Crippen LogP contribution in [0.1, 0.15) is 23.1 Å². The zero-order valence-electron chi connectivity index (χ0n) is 14.7. The molecule has 144 valence electrons. The van der Waals surface area contributed by atoms with E-state index in [1.807, 2.05) is 6.92 Å². The van der Waals surface area contributed by atoms with Crippen LogP contribution in [0.4, 0.5) is 14.7 Å². The van der Waals surface area contributed by atoms with Crippen LogP contribution in [0.15, 0.2) is 30.6 Å². The number of anilines is 1. The Labute approximate surface area is 163 Å². The fourth-order valence-electron chi connectivity index (χ4n) is 3.17. The van der Waals surface area contributed by atoms with Crippen molar-refractivity contribution in [1.82, 2.24) is 24.4 Å². The van der Waals surface area contributed by atoms with Gasteiger partial charge in [0.25, 0.3) is 5.91 Å². The highest BCUT2D eigenvalue weighted by atomic mass is 35.5. The molecule has 2 aromatic heterocycles. The van der Waals surface area contributed by atoms with Gasteiger partial charge in [-0.2, -0.15) is 0 Å². The molecule has 2 N–H and O–H groups in total. The van der Waals surface area contributed by atoms with Crippen molar-refractivity contribution in [3.63, 3.8) is 0 Å². The number of nitrogens with two attached hydrogens (primary N) is 1. The molecule has 4 rings (SSSR count). The number of aromatic nitrogens is 4. The average molecular weight is 405 g/mol. The first kappa shape index (κ1) is 18.3. The molecule has 1 amide bonds. The summed E-state index contributed by atoms with van der Waals surface area (Å²) in [5, 5.41) is 0.267. The third kappa shape index (κ3) is 3.18. The van der Waals surface area contributed by atoms with Gasteiger partial charge in [-0.05, 0) is 24.6 Å². The van der Waals surface area contributed by atoms with E-state index in [-0.39, 0.29) is 35.3 Å². The highest BCUT2D eigenvalue weighted by Gasteiger charge is 2.32. The number of benzene rings is 1. The molecule has 7 nitrogen and oxygen atoms in total. The van der Waals surface area contributed by atoms with Crippen LogP contribution in [0.5, 0.6) is 0 Å². The van der Waals surface area contributed by atoms with Crippen LogP contribution in [0.25, 0.3) is 11.4 Å². The molecule has 28 heavy (non-hydrogen) atoms. The van der Waals surface area contributed by atoms with Gasteiger partial charge in [-0.15, -0.1) is 0 Å². The SMILES string of the molecule is C[C@H]1Cn2cc(-c3nc(N)ncc3Cl)nc2C(=O)N1Cc1ccc(F)c(F)c1. The van der Waals surface area contributed by atoms with Gasteiger partial charge in [0.05, 0.1) is 11.2 Å². The van der Waals surface area contributed by atoms with Crippen molar-refractivity contribution in [3.05, 3.63) is 58.6 Å². The number of nitrogen functional groups attached to an aromatic ring is 1. The number of rotatable bonds is 3. The van der Waals surface area contributed by atoms with Gasteiger partial charge in [-0.1, -0.05) is 17.7 Å². The highest BCUT2D eigenvalue weighted by molar-refractivity contribution is 6.32. The van der Waals surface area contributed by atoms with Crippen molar-refractivity contribution in [2.45, 2.75) is 26.1 Å². The summed E-state index contributed by atoms with van der Waals surface area (Å²) in [6.45, 7) is 2.49. The third-order valence-corrected chi connectivity index (χ3v) is 4.84. The van der Waals surface area contributed by atoms with Gasteiger partial charge in [0.2, 0.25) is 5.95 Å². The zero-order valence-corrected chi connectivity index (χ0v) is 15.5. The molecule has 1 aliphatic heterocycles. The first-order valence-electron chi connectivity index (χ1n) is 8.44. The van der Waals surface area contributed by atoms with E-state index in [9.17, 15) is 13.6 Å². The third-order valence-electron chi connectivity index (χ3n) is 4.56. The molecule has 0 fully saturated rings. The van der Waals surface area contributed by atoms with Crippen LogP contribution in [0, 0.1) is 11.6 Å². The second kappa shape index (κ2) is 6.83. The van der Waals surface area contributed by atoms with E-state index < -0.39 is 11.6 Å². The van der Waals surface area contributed by atoms with E-state index in [1.165, 1.54) is 12.3 Å². The summed E-state index contributed by atoms with van der Waals surface area (Å²) in [6.07, 6.45) is 3.06. The molecule has 1 atom stereocenters. The number of imidazole rings is 1. The average Bonchev–Trinajstić information content (AvgIpc) is 3.07. The number of fused-ring (bicyclic) bond motifs is 1. The van der Waals surface area contributed by atoms with Gasteiger partial charge < -0.3 is 15.2 Å². The minimum Gasteiger partial charge on any atom is -0.368 e. The number of carbonyl (C=O) groups excluding carboxylic acids is 1. The van der Waals surface area contributed by atoms with Crippen LogP contribution in [0.3, 0.4) is 0 Å². The van der Waals surface area contributed by atoms with Gasteiger partial charge in [0, 0.05) is 25.3 Å². The Morgan fingerprint density at radius 1 is 1.29 bits per heavy atom. The molecule has 0 saturated carbocycles. The Bertz CT molecular complexity index is 1090. The van der Waals surface area contributed by atoms with E-state index in [1.54, 1.807) is 15.7 Å². The quantitative estimate of drug-likeness (QED) is 0.725. The topological polar surface area (TPSA) is 89.9 Å². The summed E-state index contributed by atoms with van der Waals surface area (Å²) in [5.41, 5.74) is 6.85. The Morgan fingerprint density at radius 3 is 2.82 bits per heavy atom. The van der Waals surface area contributed by atoms with Crippen molar-refractivity contribution in [3.8, 4) is 11.4 Å². The lowest BCUT2D eigenvalue weighted by Crippen LogP contribution is -2.46. The Morgan fingerprint density at radius 2 is 2.07 bits per heavy atom. The zero-order chi connectivity index (χ0) is 20.0. The van der Waals surface area contributed by atoms with E-state index in [2.05, 4.69) is 15.0 Å². The van der Waals surface area contributed by atoms with Crippen LogP contribution < -0.4 is 5.73 Å². The van der Waals surface area contributed by atoms with E-state index in [0.717, 1.165) is 12.1 Å². The number of amides is 1. The number of hydrogen-bond donors (Lipinski definition) is 1. The van der Waals surface area contributed by atoms with Gasteiger partial charge in [-0.3, -0.25) is 4.79 Å². The second-order valence-corrected chi connectivity index (χ2v) is 6.96. The molecule has 1 aliphatic rings. The van der Waals surface area contributed by atoms with E-state index >= 15 is 0 Å². The Kier molecular flexibility index (Phi) is 4.46. The maximum Gasteiger partial charge on any atom is 0.290 e. The van der Waals surface area contributed by atoms with E-state index in [4.69, 9.17) is 17.3 Å². The minimum atomic E-state index is -0.950. The minimum absolute atomic E-state index is 0.0463. The van der Waals surface area contributed by atoms with Crippen molar-refractivity contribution >= 4 is 23.5 Å². The summed E-state index contributed by atoms with van der Waals surface area (Å²) >= 11 is 6.13. The smallest absolute Gasteiger partial charge is 0.290 e. The first-order valence-corrected chi connectivity index (χ1v) is 8.81. The standard InChI is InChI=1S/C18H15ClF2N6O/c1-9-6-26-8-14(15-11(19)5-23-18(22)25-15)24-16(26)17(28)27(9)7-10-2-3-12(20)13(21)4-10/h2-5,8-9H,6-7H2,1H3,(H2,22,23,25)/t9-/m0/s1.